The van der Waals surface area contributed by atoms with E-state index < -0.39 is 17.7 Å². The number of hydrogen-bond donors (Lipinski definition) is 2. The molecule has 0 spiro atoms. The molecule has 3 N–H and O–H groups in total. The van der Waals surface area contributed by atoms with Crippen LogP contribution in [0.25, 0.3) is 11.4 Å². The fraction of sp³-hybridized carbons (Fsp3) is 0.389. The van der Waals surface area contributed by atoms with Crippen LogP contribution in [-0.4, -0.2) is 51.9 Å². The van der Waals surface area contributed by atoms with E-state index in [1.54, 1.807) is 0 Å². The number of rotatable bonds is 2. The molecule has 2 aromatic rings. The standard InChI is InChI=1S/C18H19F2N5O3/c1-9-8-28-3-2-25(9)17-11-6-24(18(26)27)7-15(11)22-16(23-17)10-4-13(20)14(21)5-12(10)19/h4-5,9H,2-3,6-8,21H2,1H3,(H,26,27). The lowest BCUT2D eigenvalue weighted by atomic mass is 10.1. The average Bonchev–Trinajstić information content (AvgIpc) is 3.09. The minimum absolute atomic E-state index is 0.00363. The van der Waals surface area contributed by atoms with Crippen LogP contribution in [-0.2, 0) is 17.8 Å². The molecule has 1 unspecified atom stereocenters. The number of ether oxygens (including phenoxy) is 1. The zero-order valence-electron chi connectivity index (χ0n) is 15.2. The van der Waals surface area contributed by atoms with Crippen molar-refractivity contribution in [1.29, 1.82) is 0 Å². The molecule has 0 radical (unpaired) electrons. The van der Waals surface area contributed by atoms with Crippen LogP contribution in [0.1, 0.15) is 18.2 Å². The second-order valence-electron chi connectivity index (χ2n) is 6.91. The largest absolute Gasteiger partial charge is 0.465 e. The first-order chi connectivity index (χ1) is 13.3. The molecular formula is C18H19F2N5O3. The number of hydrogen-bond acceptors (Lipinski definition) is 6. The van der Waals surface area contributed by atoms with Gasteiger partial charge in [-0.2, -0.15) is 0 Å². The Hall–Kier alpha value is -3.01. The van der Waals surface area contributed by atoms with Gasteiger partial charge in [-0.1, -0.05) is 0 Å². The van der Waals surface area contributed by atoms with E-state index >= 15 is 0 Å². The highest BCUT2D eigenvalue weighted by Gasteiger charge is 2.33. The maximum atomic E-state index is 14.5. The number of benzene rings is 1. The normalized spacial score (nSPS) is 19.0. The Morgan fingerprint density at radius 1 is 1.29 bits per heavy atom. The average molecular weight is 391 g/mol. The van der Waals surface area contributed by atoms with Gasteiger partial charge in [0.25, 0.3) is 0 Å². The number of carbonyl (C=O) groups is 1. The minimum Gasteiger partial charge on any atom is -0.465 e. The number of nitrogens with two attached hydrogens (primary N) is 1. The Bertz CT molecular complexity index is 955. The van der Waals surface area contributed by atoms with Crippen molar-refractivity contribution in [3.05, 3.63) is 35.0 Å². The SMILES string of the molecule is CC1COCCN1c1nc(-c2cc(F)c(N)cc2F)nc2c1CN(C(=O)O)C2. The Labute approximate surface area is 159 Å². The molecule has 1 aromatic carbocycles. The Balaban J connectivity index is 1.86. The summed E-state index contributed by atoms with van der Waals surface area (Å²) in [6.45, 7) is 3.69. The first kappa shape index (κ1) is 18.4. The van der Waals surface area contributed by atoms with Gasteiger partial charge in [0.2, 0.25) is 0 Å². The zero-order chi connectivity index (χ0) is 20.0. The summed E-state index contributed by atoms with van der Waals surface area (Å²) >= 11 is 0. The smallest absolute Gasteiger partial charge is 0.407 e. The molecule has 1 aromatic heterocycles. The number of carboxylic acid groups (broad SMARTS) is 1. The summed E-state index contributed by atoms with van der Waals surface area (Å²) in [5.74, 6) is -0.992. The molecule has 1 fully saturated rings. The van der Waals surface area contributed by atoms with Crippen molar-refractivity contribution < 1.29 is 23.4 Å². The van der Waals surface area contributed by atoms with Gasteiger partial charge in [0.05, 0.1) is 49.3 Å². The van der Waals surface area contributed by atoms with Crippen molar-refractivity contribution in [3.63, 3.8) is 0 Å². The third-order valence-electron chi connectivity index (χ3n) is 5.00. The van der Waals surface area contributed by atoms with E-state index in [0.717, 1.165) is 12.1 Å². The molecule has 10 heteroatoms. The summed E-state index contributed by atoms with van der Waals surface area (Å²) in [4.78, 5) is 23.5. The Morgan fingerprint density at radius 3 is 2.79 bits per heavy atom. The van der Waals surface area contributed by atoms with Gasteiger partial charge in [-0.25, -0.2) is 23.5 Å². The number of nitrogens with zero attached hydrogens (tertiary/aromatic N) is 4. The lowest BCUT2D eigenvalue weighted by molar-refractivity contribution is 0.0983. The van der Waals surface area contributed by atoms with Crippen LogP contribution in [0, 0.1) is 11.6 Å². The first-order valence-corrected chi connectivity index (χ1v) is 8.82. The van der Waals surface area contributed by atoms with E-state index in [4.69, 9.17) is 10.5 Å². The monoisotopic (exact) mass is 391 g/mol. The first-order valence-electron chi connectivity index (χ1n) is 8.82. The number of anilines is 2. The van der Waals surface area contributed by atoms with Gasteiger partial charge >= 0.3 is 6.09 Å². The maximum Gasteiger partial charge on any atom is 0.407 e. The van der Waals surface area contributed by atoms with Crippen LogP contribution in [0.3, 0.4) is 0 Å². The van der Waals surface area contributed by atoms with Gasteiger partial charge < -0.3 is 20.5 Å². The van der Waals surface area contributed by atoms with Crippen molar-refractivity contribution in [3.8, 4) is 11.4 Å². The van der Waals surface area contributed by atoms with Crippen molar-refractivity contribution in [2.45, 2.75) is 26.1 Å². The van der Waals surface area contributed by atoms with Crippen LogP contribution in [0.2, 0.25) is 0 Å². The molecule has 0 saturated carbocycles. The summed E-state index contributed by atoms with van der Waals surface area (Å²) in [5, 5.41) is 9.36. The number of amides is 1. The molecular weight excluding hydrogens is 372 g/mol. The van der Waals surface area contributed by atoms with E-state index in [0.29, 0.717) is 36.8 Å². The Kier molecular flexibility index (Phi) is 4.50. The van der Waals surface area contributed by atoms with E-state index in [1.165, 1.54) is 4.90 Å². The molecule has 1 amide bonds. The van der Waals surface area contributed by atoms with Crippen LogP contribution >= 0.6 is 0 Å². The molecule has 2 aliphatic rings. The number of nitrogen functional groups attached to an aromatic ring is 1. The number of halogens is 2. The van der Waals surface area contributed by atoms with Gasteiger partial charge in [0.15, 0.2) is 5.82 Å². The maximum absolute atomic E-state index is 14.5. The van der Waals surface area contributed by atoms with E-state index in [1.807, 2.05) is 11.8 Å². The number of morpholine rings is 1. The summed E-state index contributed by atoms with van der Waals surface area (Å²) in [6.07, 6.45) is -1.08. The zero-order valence-corrected chi connectivity index (χ0v) is 15.2. The highest BCUT2D eigenvalue weighted by atomic mass is 19.1. The predicted octanol–water partition coefficient (Wildman–Crippen LogP) is 2.22. The molecule has 28 heavy (non-hydrogen) atoms. The second kappa shape index (κ2) is 6.86. The van der Waals surface area contributed by atoms with E-state index in [9.17, 15) is 18.7 Å². The number of fused-ring (bicyclic) bond motifs is 1. The summed E-state index contributed by atoms with van der Waals surface area (Å²) in [5.41, 5.74) is 6.16. The molecule has 0 aliphatic carbocycles. The van der Waals surface area contributed by atoms with Crippen LogP contribution in [0.4, 0.5) is 25.1 Å². The van der Waals surface area contributed by atoms with Gasteiger partial charge in [-0.3, -0.25) is 4.90 Å². The molecule has 0 bridgehead atoms. The quantitative estimate of drug-likeness (QED) is 0.757. The molecule has 1 saturated heterocycles. The summed E-state index contributed by atoms with van der Waals surface area (Å²) < 4.78 is 33.9. The fourth-order valence-electron chi connectivity index (χ4n) is 3.51. The molecule has 2 aliphatic heterocycles. The summed E-state index contributed by atoms with van der Waals surface area (Å²) in [6, 6.07) is 1.84. The van der Waals surface area contributed by atoms with Gasteiger partial charge in [0, 0.05) is 18.2 Å². The van der Waals surface area contributed by atoms with Gasteiger partial charge in [0.1, 0.15) is 17.5 Å². The highest BCUT2D eigenvalue weighted by molar-refractivity contribution is 5.69. The molecule has 148 valence electrons. The van der Waals surface area contributed by atoms with E-state index in [2.05, 4.69) is 9.97 Å². The summed E-state index contributed by atoms with van der Waals surface area (Å²) in [7, 11) is 0. The molecule has 1 atom stereocenters. The van der Waals surface area contributed by atoms with Crippen LogP contribution in [0.5, 0.6) is 0 Å². The highest BCUT2D eigenvalue weighted by Crippen LogP contribution is 2.34. The van der Waals surface area contributed by atoms with E-state index in [-0.39, 0.29) is 36.2 Å². The van der Waals surface area contributed by atoms with Crippen molar-refractivity contribution in [1.82, 2.24) is 14.9 Å². The van der Waals surface area contributed by atoms with Crippen LogP contribution in [0.15, 0.2) is 12.1 Å². The second-order valence-corrected chi connectivity index (χ2v) is 6.91. The molecule has 3 heterocycles. The number of aromatic nitrogens is 2. The molecule has 8 nitrogen and oxygen atoms in total. The Morgan fingerprint density at radius 2 is 2.07 bits per heavy atom. The third-order valence-corrected chi connectivity index (χ3v) is 5.00. The topological polar surface area (TPSA) is 105 Å². The van der Waals surface area contributed by atoms with Crippen molar-refractivity contribution >= 4 is 17.6 Å². The van der Waals surface area contributed by atoms with Crippen molar-refractivity contribution in [2.75, 3.05) is 30.4 Å². The lowest BCUT2D eigenvalue weighted by Crippen LogP contribution is -2.44. The van der Waals surface area contributed by atoms with Gasteiger partial charge in [-0.15, -0.1) is 0 Å². The predicted molar refractivity (Wildman–Crippen MR) is 96.7 cm³/mol. The van der Waals surface area contributed by atoms with Gasteiger partial charge in [-0.05, 0) is 13.0 Å². The minimum atomic E-state index is -1.08. The third kappa shape index (κ3) is 3.09. The fourth-order valence-corrected chi connectivity index (χ4v) is 3.51. The lowest BCUT2D eigenvalue weighted by Gasteiger charge is -2.35. The molecule has 4 rings (SSSR count). The van der Waals surface area contributed by atoms with Crippen LogP contribution < -0.4 is 10.6 Å². The van der Waals surface area contributed by atoms with Crippen molar-refractivity contribution in [2.24, 2.45) is 0 Å².